The summed E-state index contributed by atoms with van der Waals surface area (Å²) < 4.78 is 41.4. The Labute approximate surface area is 91.8 Å². The molecule has 0 bridgehead atoms. The van der Waals surface area contributed by atoms with Crippen molar-refractivity contribution in [3.05, 3.63) is 0 Å². The second-order valence-electron chi connectivity index (χ2n) is 4.58. The van der Waals surface area contributed by atoms with Crippen LogP contribution in [0.2, 0.25) is 0 Å². The van der Waals surface area contributed by atoms with Crippen molar-refractivity contribution in [2.45, 2.75) is 56.3 Å². The second kappa shape index (κ2) is 5.34. The summed E-state index contributed by atoms with van der Waals surface area (Å²) in [5.41, 5.74) is 0. The molecule has 1 atom stereocenters. The van der Waals surface area contributed by atoms with Gasteiger partial charge in [-0.2, -0.15) is 13.2 Å². The number of hydrogen-bond acceptors (Lipinski definition) is 1. The number of alkyl halides is 3. The molecule has 0 aromatic carbocycles. The average molecular weight is 240 g/mol. The highest BCUT2D eigenvalue weighted by molar-refractivity contribution is 6.14. The number of halogens is 3. The molecule has 1 saturated heterocycles. The van der Waals surface area contributed by atoms with Crippen LogP contribution in [0, 0.1) is 0 Å². The molecular weight excluding hydrogens is 221 g/mol. The van der Waals surface area contributed by atoms with Crippen LogP contribution in [0.4, 0.5) is 13.2 Å². The van der Waals surface area contributed by atoms with Crippen LogP contribution in [-0.4, -0.2) is 28.2 Å². The first kappa shape index (κ1) is 13.0. The van der Waals surface area contributed by atoms with Crippen LogP contribution < -0.4 is 0 Å². The van der Waals surface area contributed by atoms with Crippen molar-refractivity contribution in [3.8, 4) is 0 Å². The fourth-order valence-corrected chi connectivity index (χ4v) is 2.92. The molecule has 1 unspecified atom stereocenters. The fourth-order valence-electron chi connectivity index (χ4n) is 2.01. The molecule has 0 spiro atoms. The molecule has 0 saturated carbocycles. The first-order valence-electron chi connectivity index (χ1n) is 5.62. The molecule has 1 aliphatic heterocycles. The van der Waals surface area contributed by atoms with Gasteiger partial charge in [-0.25, -0.2) is 0 Å². The third-order valence-electron chi connectivity index (χ3n) is 2.97. The van der Waals surface area contributed by atoms with Crippen molar-refractivity contribution in [2.75, 3.05) is 6.61 Å². The zero-order valence-electron chi connectivity index (χ0n) is 9.20. The third-order valence-corrected chi connectivity index (χ3v) is 4.26. The average Bonchev–Trinajstić information content (AvgIpc) is 2.12. The molecule has 1 fully saturated rings. The third kappa shape index (κ3) is 5.56. The minimum absolute atomic E-state index is 0.0240. The highest BCUT2D eigenvalue weighted by Gasteiger charge is 2.29. The minimum Gasteiger partial charge on any atom is -0.380 e. The Balaban J connectivity index is 2.13. The Hall–Kier alpha value is -0.0331. The lowest BCUT2D eigenvalue weighted by Crippen LogP contribution is -2.36. The van der Waals surface area contributed by atoms with E-state index in [0.717, 1.165) is 36.1 Å². The van der Waals surface area contributed by atoms with Crippen LogP contribution in [0.15, 0.2) is 0 Å². The predicted octanol–water partition coefficient (Wildman–Crippen LogP) is 2.37. The summed E-state index contributed by atoms with van der Waals surface area (Å²) in [6, 6.07) is 0. The van der Waals surface area contributed by atoms with Gasteiger partial charge in [0.1, 0.15) is 0 Å². The minimum atomic E-state index is -3.99. The van der Waals surface area contributed by atoms with Crippen LogP contribution in [0.5, 0.6) is 0 Å². The van der Waals surface area contributed by atoms with Gasteiger partial charge in [0.05, 0.1) is 0 Å². The van der Waals surface area contributed by atoms with E-state index in [-0.39, 0.29) is 11.6 Å². The van der Waals surface area contributed by atoms with Crippen LogP contribution in [-0.2, 0) is 4.74 Å². The predicted molar refractivity (Wildman–Crippen MR) is 57.0 cm³/mol. The summed E-state index contributed by atoms with van der Waals surface area (Å²) in [7, 11) is 0.933. The zero-order chi connectivity index (χ0) is 11.4. The van der Waals surface area contributed by atoms with Gasteiger partial charge >= 0.3 is 6.18 Å². The molecule has 5 heteroatoms. The van der Waals surface area contributed by atoms with Crippen molar-refractivity contribution >= 4 is 10.2 Å². The molecule has 1 aliphatic rings. The Bertz CT molecular complexity index is 188. The molecule has 0 amide bonds. The van der Waals surface area contributed by atoms with Crippen molar-refractivity contribution in [3.63, 3.8) is 0 Å². The molecule has 0 N–H and O–H groups in total. The maximum absolute atomic E-state index is 11.9. The maximum atomic E-state index is 11.9. The summed E-state index contributed by atoms with van der Waals surface area (Å²) >= 11 is 0. The molecular formula is C10H19F3OSi. The van der Waals surface area contributed by atoms with Gasteiger partial charge in [-0.05, 0) is 32.1 Å². The normalized spacial score (nSPS) is 28.2. The quantitative estimate of drug-likeness (QED) is 0.541. The van der Waals surface area contributed by atoms with E-state index in [1.165, 1.54) is 6.42 Å². The monoisotopic (exact) mass is 240 g/mol. The Morgan fingerprint density at radius 1 is 1.20 bits per heavy atom. The highest BCUT2D eigenvalue weighted by Crippen LogP contribution is 2.29. The van der Waals surface area contributed by atoms with Crippen molar-refractivity contribution in [2.24, 2.45) is 0 Å². The van der Waals surface area contributed by atoms with E-state index >= 15 is 0 Å². The Kier molecular flexibility index (Phi) is 4.64. The van der Waals surface area contributed by atoms with Crippen LogP contribution >= 0.6 is 0 Å². The van der Waals surface area contributed by atoms with Crippen molar-refractivity contribution in [1.82, 2.24) is 0 Å². The van der Waals surface area contributed by atoms with Crippen LogP contribution in [0.25, 0.3) is 0 Å². The lowest BCUT2D eigenvalue weighted by Gasteiger charge is -2.34. The highest BCUT2D eigenvalue weighted by atomic mass is 28.1. The molecule has 1 nitrogen and oxygen atoms in total. The summed E-state index contributed by atoms with van der Waals surface area (Å²) in [5, 5.41) is -0.0240. The summed E-state index contributed by atoms with van der Waals surface area (Å²) in [6.07, 6.45) is 0.381. The molecule has 0 aromatic heterocycles. The van der Waals surface area contributed by atoms with Crippen LogP contribution in [0.3, 0.4) is 0 Å². The van der Waals surface area contributed by atoms with Gasteiger partial charge in [0.2, 0.25) is 0 Å². The largest absolute Gasteiger partial charge is 0.389 e. The fraction of sp³-hybridized carbons (Fsp3) is 1.00. The first-order valence-corrected chi connectivity index (χ1v) is 6.62. The number of ether oxygens (including phenoxy) is 1. The molecule has 0 radical (unpaired) electrons. The van der Waals surface area contributed by atoms with E-state index in [1.54, 1.807) is 0 Å². The second-order valence-corrected chi connectivity index (χ2v) is 6.40. The van der Waals surface area contributed by atoms with Gasteiger partial charge < -0.3 is 4.74 Å². The van der Waals surface area contributed by atoms with Crippen molar-refractivity contribution < 1.29 is 17.9 Å². The van der Waals surface area contributed by atoms with Gasteiger partial charge in [0.25, 0.3) is 0 Å². The summed E-state index contributed by atoms with van der Waals surface area (Å²) in [4.78, 5) is 0. The molecule has 1 rings (SSSR count). The van der Waals surface area contributed by atoms with E-state index in [9.17, 15) is 13.2 Å². The first-order chi connectivity index (χ1) is 6.91. The van der Waals surface area contributed by atoms with Gasteiger partial charge in [0.15, 0.2) is 0 Å². The Morgan fingerprint density at radius 3 is 2.47 bits per heavy atom. The van der Waals surface area contributed by atoms with E-state index in [4.69, 9.17) is 4.74 Å². The Morgan fingerprint density at radius 2 is 1.93 bits per heavy atom. The SMILES string of the molecule is FC(F)(F)CCCCC1([SiH3])CCCCO1. The van der Waals surface area contributed by atoms with E-state index in [1.807, 2.05) is 0 Å². The lowest BCUT2D eigenvalue weighted by molar-refractivity contribution is -0.136. The smallest absolute Gasteiger partial charge is 0.380 e. The molecule has 0 aliphatic carbocycles. The van der Waals surface area contributed by atoms with E-state index in [0.29, 0.717) is 6.42 Å². The van der Waals surface area contributed by atoms with Gasteiger partial charge in [-0.3, -0.25) is 0 Å². The molecule has 0 aromatic rings. The van der Waals surface area contributed by atoms with Gasteiger partial charge in [-0.1, -0.05) is 6.42 Å². The van der Waals surface area contributed by atoms with Crippen molar-refractivity contribution in [1.29, 1.82) is 0 Å². The number of hydrogen-bond donors (Lipinski definition) is 0. The van der Waals surface area contributed by atoms with Crippen LogP contribution in [0.1, 0.15) is 44.9 Å². The molecule has 15 heavy (non-hydrogen) atoms. The van der Waals surface area contributed by atoms with Gasteiger partial charge in [-0.15, -0.1) is 0 Å². The topological polar surface area (TPSA) is 9.23 Å². The number of unbranched alkanes of at least 4 members (excludes halogenated alkanes) is 1. The maximum Gasteiger partial charge on any atom is 0.389 e. The molecule has 90 valence electrons. The van der Waals surface area contributed by atoms with E-state index in [2.05, 4.69) is 0 Å². The summed E-state index contributed by atoms with van der Waals surface area (Å²) in [6.45, 7) is 0.794. The zero-order valence-corrected chi connectivity index (χ0v) is 11.2. The van der Waals surface area contributed by atoms with E-state index < -0.39 is 12.6 Å². The van der Waals surface area contributed by atoms with Gasteiger partial charge in [0, 0.05) is 28.5 Å². The standard InChI is InChI=1S/C10H19F3OSi/c11-10(12,13)7-2-1-5-9(15)6-3-4-8-14-9/h1-8H2,15H3. The summed E-state index contributed by atoms with van der Waals surface area (Å²) in [5.74, 6) is 0. The molecule has 1 heterocycles. The lowest BCUT2D eigenvalue weighted by atomic mass is 10.0. The number of rotatable bonds is 4.